The molecular formula is C8H14N4OS2. The summed E-state index contributed by atoms with van der Waals surface area (Å²) in [4.78, 5) is 5.90. The van der Waals surface area contributed by atoms with Gasteiger partial charge in [0.05, 0.1) is 0 Å². The number of rotatable bonds is 4. The fourth-order valence-corrected chi connectivity index (χ4v) is 1.66. The van der Waals surface area contributed by atoms with E-state index in [-0.39, 0.29) is 5.19 Å². The van der Waals surface area contributed by atoms with Gasteiger partial charge in [-0.15, -0.1) is 0 Å². The van der Waals surface area contributed by atoms with Crippen LogP contribution < -0.4 is 15.5 Å². The lowest BCUT2D eigenvalue weighted by Crippen LogP contribution is -2.37. The van der Waals surface area contributed by atoms with Gasteiger partial charge >= 0.3 is 0 Å². The number of likely N-dealkylation sites (N-methyl/N-ethyl adjacent to an activating group) is 1. The highest BCUT2D eigenvalue weighted by atomic mass is 32.1. The Balaban J connectivity index is 2.30. The van der Waals surface area contributed by atoms with Gasteiger partial charge in [0.25, 0.3) is 5.19 Å². The average molecular weight is 246 g/mol. The molecule has 0 aliphatic carbocycles. The molecule has 1 aromatic heterocycles. The van der Waals surface area contributed by atoms with Crippen LogP contribution in [0.1, 0.15) is 0 Å². The topological polar surface area (TPSA) is 60.4 Å². The van der Waals surface area contributed by atoms with Gasteiger partial charge in [0.1, 0.15) is 5.82 Å². The number of hydrogen-bond donors (Lipinski definition) is 3. The molecule has 0 bridgehead atoms. The Labute approximate surface area is 98.1 Å². The minimum atomic E-state index is 0.0931. The first kappa shape index (κ1) is 12.0. The van der Waals surface area contributed by atoms with Gasteiger partial charge in [0.15, 0.2) is 5.11 Å². The minimum Gasteiger partial charge on any atom is -0.486 e. The molecule has 0 aliphatic rings. The monoisotopic (exact) mass is 246 g/mol. The van der Waals surface area contributed by atoms with Crippen LogP contribution in [0, 0.1) is 0 Å². The number of thiocarbonyl (C=S) groups is 1. The second-order valence-corrected chi connectivity index (χ2v) is 4.16. The molecule has 0 amide bonds. The van der Waals surface area contributed by atoms with Crippen LogP contribution in [0.5, 0.6) is 5.19 Å². The Bertz CT molecular complexity index is 328. The van der Waals surface area contributed by atoms with Crippen molar-refractivity contribution in [2.24, 2.45) is 0 Å². The van der Waals surface area contributed by atoms with Crippen molar-refractivity contribution in [2.45, 2.75) is 0 Å². The molecule has 0 radical (unpaired) electrons. The lowest BCUT2D eigenvalue weighted by atomic mass is 10.5. The van der Waals surface area contributed by atoms with E-state index in [4.69, 9.17) is 17.3 Å². The predicted molar refractivity (Wildman–Crippen MR) is 66.7 cm³/mol. The molecule has 0 saturated carbocycles. The largest absolute Gasteiger partial charge is 0.486 e. The molecule has 1 heterocycles. The highest BCUT2D eigenvalue weighted by Gasteiger charge is 2.05. The lowest BCUT2D eigenvalue weighted by Gasteiger charge is -2.16. The van der Waals surface area contributed by atoms with Crippen LogP contribution >= 0.6 is 23.6 Å². The van der Waals surface area contributed by atoms with Gasteiger partial charge in [-0.25, -0.2) is 0 Å². The fourth-order valence-electron chi connectivity index (χ4n) is 0.972. The smallest absolute Gasteiger partial charge is 0.272 e. The summed E-state index contributed by atoms with van der Waals surface area (Å²) in [5.41, 5.74) is 0. The Hall–Kier alpha value is -1.08. The van der Waals surface area contributed by atoms with E-state index in [1.165, 1.54) is 11.3 Å². The molecule has 0 atom stereocenters. The highest BCUT2D eigenvalue weighted by molar-refractivity contribution is 7.80. The Morgan fingerprint density at radius 3 is 3.00 bits per heavy atom. The van der Waals surface area contributed by atoms with Crippen LogP contribution in [0.4, 0.5) is 5.82 Å². The predicted octanol–water partition coefficient (Wildman–Crippen LogP) is 0.379. The number of hydrogen-bond acceptors (Lipinski definition) is 5. The van der Waals surface area contributed by atoms with E-state index in [9.17, 15) is 0 Å². The molecule has 0 aromatic carbocycles. The van der Waals surface area contributed by atoms with Crippen molar-refractivity contribution < 1.29 is 5.11 Å². The van der Waals surface area contributed by atoms with E-state index in [0.717, 1.165) is 18.9 Å². The van der Waals surface area contributed by atoms with Crippen molar-refractivity contribution in [1.29, 1.82) is 0 Å². The van der Waals surface area contributed by atoms with Crippen molar-refractivity contribution in [3.05, 3.63) is 5.38 Å². The average Bonchev–Trinajstić information content (AvgIpc) is 2.64. The summed E-state index contributed by atoms with van der Waals surface area (Å²) in [7, 11) is 3.69. The third kappa shape index (κ3) is 3.88. The zero-order valence-electron chi connectivity index (χ0n) is 8.65. The third-order valence-electron chi connectivity index (χ3n) is 1.83. The molecule has 15 heavy (non-hydrogen) atoms. The van der Waals surface area contributed by atoms with Gasteiger partial charge in [-0.2, -0.15) is 4.98 Å². The molecule has 0 unspecified atom stereocenters. The van der Waals surface area contributed by atoms with E-state index in [1.807, 2.05) is 17.3 Å². The van der Waals surface area contributed by atoms with Crippen LogP contribution in [0.3, 0.4) is 0 Å². The molecule has 5 nitrogen and oxygen atoms in total. The molecule has 84 valence electrons. The zero-order chi connectivity index (χ0) is 11.3. The van der Waals surface area contributed by atoms with Crippen LogP contribution in [-0.4, -0.2) is 42.4 Å². The molecule has 1 aromatic rings. The van der Waals surface area contributed by atoms with Gasteiger partial charge in [0.2, 0.25) is 0 Å². The Kier molecular flexibility index (Phi) is 4.57. The van der Waals surface area contributed by atoms with E-state index in [0.29, 0.717) is 5.11 Å². The number of aromatic nitrogens is 1. The van der Waals surface area contributed by atoms with E-state index >= 15 is 0 Å². The number of nitrogens with zero attached hydrogens (tertiary/aromatic N) is 2. The van der Waals surface area contributed by atoms with E-state index in [2.05, 4.69) is 15.6 Å². The summed E-state index contributed by atoms with van der Waals surface area (Å²) in [5.74, 6) is 0.773. The zero-order valence-corrected chi connectivity index (χ0v) is 10.3. The van der Waals surface area contributed by atoms with Crippen LogP contribution in [0.2, 0.25) is 0 Å². The van der Waals surface area contributed by atoms with Crippen molar-refractivity contribution in [3.8, 4) is 5.19 Å². The molecule has 0 aliphatic heterocycles. The maximum absolute atomic E-state index is 9.09. The van der Waals surface area contributed by atoms with Crippen molar-refractivity contribution in [3.63, 3.8) is 0 Å². The first-order valence-corrected chi connectivity index (χ1v) is 5.73. The SMILES string of the molecule is CNC(=S)NCCN(C)c1csc(O)n1. The Morgan fingerprint density at radius 2 is 2.47 bits per heavy atom. The minimum absolute atomic E-state index is 0.0931. The summed E-state index contributed by atoms with van der Waals surface area (Å²) >= 11 is 6.15. The number of nitrogens with one attached hydrogen (secondary N) is 2. The second kappa shape index (κ2) is 5.72. The fraction of sp³-hybridized carbons (Fsp3) is 0.500. The van der Waals surface area contributed by atoms with Crippen LogP contribution in [-0.2, 0) is 0 Å². The summed E-state index contributed by atoms with van der Waals surface area (Å²) < 4.78 is 0. The van der Waals surface area contributed by atoms with Crippen molar-refractivity contribution >= 4 is 34.5 Å². The maximum Gasteiger partial charge on any atom is 0.272 e. The third-order valence-corrected chi connectivity index (χ3v) is 2.81. The first-order chi connectivity index (χ1) is 7.13. The molecule has 3 N–H and O–H groups in total. The summed E-state index contributed by atoms with van der Waals surface area (Å²) in [6.07, 6.45) is 0. The molecular weight excluding hydrogens is 232 g/mol. The standard InChI is InChI=1S/C8H14N4OS2/c1-9-7(14)10-3-4-12(2)6-5-15-8(13)11-6/h5H,3-4H2,1-2H3,(H,11,13)(H2,9,10,14). The van der Waals surface area contributed by atoms with Crippen LogP contribution in [0.25, 0.3) is 0 Å². The van der Waals surface area contributed by atoms with E-state index in [1.54, 1.807) is 7.05 Å². The quantitative estimate of drug-likeness (QED) is 0.668. The molecule has 1 rings (SSSR count). The summed E-state index contributed by atoms with van der Waals surface area (Å²) in [6, 6.07) is 0. The first-order valence-electron chi connectivity index (χ1n) is 4.44. The lowest BCUT2D eigenvalue weighted by molar-refractivity contribution is 0.471. The van der Waals surface area contributed by atoms with Crippen molar-refractivity contribution in [2.75, 3.05) is 32.1 Å². The highest BCUT2D eigenvalue weighted by Crippen LogP contribution is 2.21. The number of aromatic hydroxyl groups is 1. The normalized spacial score (nSPS) is 9.73. The molecule has 0 saturated heterocycles. The second-order valence-electron chi connectivity index (χ2n) is 2.92. The molecule has 7 heteroatoms. The maximum atomic E-state index is 9.09. The summed E-state index contributed by atoms with van der Waals surface area (Å²) in [6.45, 7) is 1.50. The number of thiazole rings is 1. The van der Waals surface area contributed by atoms with Gasteiger partial charge in [-0.05, 0) is 12.2 Å². The van der Waals surface area contributed by atoms with Gasteiger partial charge < -0.3 is 20.6 Å². The van der Waals surface area contributed by atoms with Crippen LogP contribution in [0.15, 0.2) is 5.38 Å². The van der Waals surface area contributed by atoms with Gasteiger partial charge in [0, 0.05) is 32.6 Å². The molecule has 0 fully saturated rings. The number of anilines is 1. The van der Waals surface area contributed by atoms with Gasteiger partial charge in [-0.1, -0.05) is 11.3 Å². The van der Waals surface area contributed by atoms with Crippen molar-refractivity contribution in [1.82, 2.24) is 15.6 Å². The summed E-state index contributed by atoms with van der Waals surface area (Å²) in [5, 5.41) is 17.5. The Morgan fingerprint density at radius 1 is 1.73 bits per heavy atom. The molecule has 0 spiro atoms. The van der Waals surface area contributed by atoms with Gasteiger partial charge in [-0.3, -0.25) is 0 Å². The van der Waals surface area contributed by atoms with E-state index < -0.39 is 0 Å².